The Morgan fingerprint density at radius 1 is 1.18 bits per heavy atom. The largest absolute Gasteiger partial charge is 0.463 e. The highest BCUT2D eigenvalue weighted by Crippen LogP contribution is 2.51. The van der Waals surface area contributed by atoms with Crippen LogP contribution in [0.1, 0.15) is 73.3 Å². The van der Waals surface area contributed by atoms with E-state index in [1.54, 1.807) is 43.6 Å². The van der Waals surface area contributed by atoms with Gasteiger partial charge in [0.05, 0.1) is 18.0 Å². The van der Waals surface area contributed by atoms with Crippen LogP contribution < -0.4 is 5.32 Å². The molecular formula is C30H47N3O4S. The van der Waals surface area contributed by atoms with Crippen molar-refractivity contribution < 1.29 is 19.1 Å². The minimum absolute atomic E-state index is 0.0368. The van der Waals surface area contributed by atoms with E-state index in [4.69, 9.17) is 4.74 Å². The number of carbonyl (C=O) groups is 3. The van der Waals surface area contributed by atoms with Crippen molar-refractivity contribution in [2.45, 2.75) is 90.6 Å². The number of benzene rings is 1. The highest BCUT2D eigenvalue weighted by molar-refractivity contribution is 8.01. The third kappa shape index (κ3) is 7.41. The smallest absolute Gasteiger partial charge is 0.333 e. The van der Waals surface area contributed by atoms with Crippen molar-refractivity contribution in [3.63, 3.8) is 0 Å². The first kappa shape index (κ1) is 31.9. The molecule has 1 aromatic rings. The predicted molar refractivity (Wildman–Crippen MR) is 156 cm³/mol. The summed E-state index contributed by atoms with van der Waals surface area (Å²) in [4.78, 5) is 43.8. The van der Waals surface area contributed by atoms with Gasteiger partial charge in [-0.15, -0.1) is 11.8 Å². The zero-order chi connectivity index (χ0) is 29.0. The molecule has 0 aliphatic carbocycles. The van der Waals surface area contributed by atoms with Crippen LogP contribution in [-0.2, 0) is 19.1 Å². The van der Waals surface area contributed by atoms with Gasteiger partial charge in [-0.3, -0.25) is 14.5 Å². The zero-order valence-corrected chi connectivity index (χ0v) is 25.8. The highest BCUT2D eigenvalue weighted by atomic mass is 32.2. The van der Waals surface area contributed by atoms with Crippen LogP contribution in [0.3, 0.4) is 0 Å². The molecular weight excluding hydrogens is 498 g/mol. The van der Waals surface area contributed by atoms with Crippen LogP contribution in [0, 0.1) is 11.3 Å². The molecule has 1 aliphatic rings. The Morgan fingerprint density at radius 2 is 1.76 bits per heavy atom. The van der Waals surface area contributed by atoms with Crippen molar-refractivity contribution in [1.29, 1.82) is 0 Å². The van der Waals surface area contributed by atoms with Crippen LogP contribution in [0.15, 0.2) is 42.0 Å². The first-order valence-corrected chi connectivity index (χ1v) is 14.3. The number of amides is 2. The van der Waals surface area contributed by atoms with E-state index in [2.05, 4.69) is 36.2 Å². The first-order chi connectivity index (χ1) is 17.5. The lowest BCUT2D eigenvalue weighted by molar-refractivity contribution is -0.141. The maximum atomic E-state index is 13.9. The van der Waals surface area contributed by atoms with Crippen molar-refractivity contribution in [3.05, 3.63) is 47.5 Å². The molecule has 4 atom stereocenters. The van der Waals surface area contributed by atoms with E-state index < -0.39 is 23.5 Å². The molecule has 0 spiro atoms. The quantitative estimate of drug-likeness (QED) is 0.346. The fourth-order valence-electron chi connectivity index (χ4n) is 5.02. The Morgan fingerprint density at radius 3 is 2.26 bits per heavy atom. The van der Waals surface area contributed by atoms with E-state index in [0.29, 0.717) is 12.2 Å². The number of nitrogens with zero attached hydrogens (tertiary/aromatic N) is 2. The Hall–Kier alpha value is -2.32. The highest BCUT2D eigenvalue weighted by Gasteiger charge is 2.51. The van der Waals surface area contributed by atoms with Crippen LogP contribution >= 0.6 is 11.8 Å². The first-order valence-electron chi connectivity index (χ1n) is 13.4. The molecule has 0 saturated carbocycles. The van der Waals surface area contributed by atoms with Gasteiger partial charge in [-0.2, -0.15) is 0 Å². The molecule has 0 radical (unpaired) electrons. The average Bonchev–Trinajstić information content (AvgIpc) is 3.07. The molecule has 1 fully saturated rings. The number of esters is 1. The number of rotatable bonds is 9. The molecule has 0 aromatic heterocycles. The summed E-state index contributed by atoms with van der Waals surface area (Å²) in [6, 6.07) is 8.67. The average molecular weight is 546 g/mol. The van der Waals surface area contributed by atoms with Crippen LogP contribution in [0.5, 0.6) is 0 Å². The third-order valence-electron chi connectivity index (χ3n) is 7.08. The Kier molecular flexibility index (Phi) is 10.7. The molecule has 1 saturated heterocycles. The maximum Gasteiger partial charge on any atom is 0.333 e. The van der Waals surface area contributed by atoms with E-state index >= 15 is 0 Å². The fraction of sp³-hybridized carbons (Fsp3) is 0.633. The molecule has 2 amide bonds. The summed E-state index contributed by atoms with van der Waals surface area (Å²) in [5, 5.41) is 3.17. The van der Waals surface area contributed by atoms with Crippen LogP contribution in [0.2, 0.25) is 0 Å². The standard InChI is InChI=1S/C30H47N3O4S/c1-12-37-28(36)20(4)18-22(19(2)3)32(10)26(35)23(29(5,6)7)31-25(34)24-30(8,9)38-27(33(24)11)21-16-14-13-15-17-21/h13-19,22-24,27H,12H2,1-11H3,(H,31,34)/b20-18+/t22-,23-,24?,27?/m1/s1. The van der Waals surface area contributed by atoms with Crippen molar-refractivity contribution in [3.8, 4) is 0 Å². The van der Waals surface area contributed by atoms with Gasteiger partial charge in [0.25, 0.3) is 0 Å². The predicted octanol–water partition coefficient (Wildman–Crippen LogP) is 5.03. The summed E-state index contributed by atoms with van der Waals surface area (Å²) < 4.78 is 4.77. The minimum Gasteiger partial charge on any atom is -0.463 e. The molecule has 212 valence electrons. The summed E-state index contributed by atoms with van der Waals surface area (Å²) in [5.41, 5.74) is 1.07. The van der Waals surface area contributed by atoms with Crippen molar-refractivity contribution in [2.75, 3.05) is 20.7 Å². The lowest BCUT2D eigenvalue weighted by Crippen LogP contribution is -2.60. The van der Waals surface area contributed by atoms with Gasteiger partial charge in [-0.25, -0.2) is 4.79 Å². The normalized spacial score (nSPS) is 21.6. The topological polar surface area (TPSA) is 79.0 Å². The molecule has 0 bridgehead atoms. The van der Waals surface area contributed by atoms with Crippen molar-refractivity contribution in [1.82, 2.24) is 15.1 Å². The van der Waals surface area contributed by atoms with Gasteiger partial charge >= 0.3 is 5.97 Å². The molecule has 2 rings (SSSR count). The second-order valence-corrected chi connectivity index (χ2v) is 13.8. The van der Waals surface area contributed by atoms with Crippen LogP contribution in [0.25, 0.3) is 0 Å². The number of carbonyl (C=O) groups excluding carboxylic acids is 3. The molecule has 7 nitrogen and oxygen atoms in total. The maximum absolute atomic E-state index is 13.9. The molecule has 1 N–H and O–H groups in total. The van der Waals surface area contributed by atoms with Gasteiger partial charge in [0, 0.05) is 17.4 Å². The molecule has 1 aromatic carbocycles. The van der Waals surface area contributed by atoms with E-state index in [9.17, 15) is 14.4 Å². The summed E-state index contributed by atoms with van der Waals surface area (Å²) in [6.45, 7) is 17.8. The number of hydrogen-bond donors (Lipinski definition) is 1. The number of nitrogens with one attached hydrogen (secondary N) is 1. The summed E-state index contributed by atoms with van der Waals surface area (Å²) in [5.74, 6) is -0.697. The lowest BCUT2D eigenvalue weighted by atomic mass is 9.84. The van der Waals surface area contributed by atoms with Gasteiger partial charge in [0.1, 0.15) is 12.1 Å². The Labute approximate surface area is 233 Å². The fourth-order valence-corrected chi connectivity index (χ4v) is 6.58. The van der Waals surface area contributed by atoms with Gasteiger partial charge in [0.15, 0.2) is 0 Å². The van der Waals surface area contributed by atoms with Gasteiger partial charge in [0.2, 0.25) is 11.8 Å². The molecule has 1 aliphatic heterocycles. The molecule has 38 heavy (non-hydrogen) atoms. The van der Waals surface area contributed by atoms with E-state index in [-0.39, 0.29) is 33.9 Å². The summed E-state index contributed by atoms with van der Waals surface area (Å²) >= 11 is 1.76. The molecule has 8 heteroatoms. The third-order valence-corrected chi connectivity index (χ3v) is 8.74. The van der Waals surface area contributed by atoms with E-state index in [0.717, 1.165) is 5.56 Å². The summed E-state index contributed by atoms with van der Waals surface area (Å²) in [6.07, 6.45) is 1.79. The Balaban J connectivity index is 2.33. The lowest BCUT2D eigenvalue weighted by Gasteiger charge is -2.39. The van der Waals surface area contributed by atoms with Crippen LogP contribution in [0.4, 0.5) is 0 Å². The molecule has 2 unspecified atom stereocenters. The van der Waals surface area contributed by atoms with E-state index in [1.165, 1.54) is 0 Å². The van der Waals surface area contributed by atoms with Crippen LogP contribution in [-0.4, -0.2) is 71.2 Å². The van der Waals surface area contributed by atoms with Gasteiger partial charge in [-0.1, -0.05) is 71.0 Å². The monoisotopic (exact) mass is 545 g/mol. The number of hydrogen-bond acceptors (Lipinski definition) is 6. The number of likely N-dealkylation sites (N-methyl/N-ethyl adjacent to an activating group) is 2. The van der Waals surface area contributed by atoms with E-state index in [1.807, 2.05) is 59.9 Å². The van der Waals surface area contributed by atoms with Gasteiger partial charge in [-0.05, 0) is 51.6 Å². The second-order valence-electron chi connectivity index (χ2n) is 12.1. The SMILES string of the molecule is CCOC(=O)/C(C)=C/[C@H](C(C)C)N(C)C(=O)[C@@H](NC(=O)C1N(C)C(c2ccccc2)SC1(C)C)C(C)(C)C. The zero-order valence-electron chi connectivity index (χ0n) is 25.0. The number of thioether (sulfide) groups is 1. The second kappa shape index (κ2) is 12.7. The van der Waals surface area contributed by atoms with Gasteiger partial charge < -0.3 is 15.0 Å². The molecule has 1 heterocycles. The van der Waals surface area contributed by atoms with Crippen molar-refractivity contribution in [2.24, 2.45) is 11.3 Å². The van der Waals surface area contributed by atoms with Crippen molar-refractivity contribution >= 4 is 29.5 Å². The Bertz CT molecular complexity index is 1020. The number of ether oxygens (including phenoxy) is 1. The summed E-state index contributed by atoms with van der Waals surface area (Å²) in [7, 11) is 3.71. The minimum atomic E-state index is -0.748.